The fraction of sp³-hybridized carbons (Fsp3) is 0.538. The van der Waals surface area contributed by atoms with Crippen molar-refractivity contribution in [3.63, 3.8) is 0 Å². The molecule has 0 bridgehead atoms. The first-order valence-corrected chi connectivity index (χ1v) is 6.97. The lowest BCUT2D eigenvalue weighted by Crippen LogP contribution is -2.38. The van der Waals surface area contributed by atoms with E-state index in [9.17, 15) is 13.2 Å². The quantitative estimate of drug-likeness (QED) is 0.817. The molecular formula is C13H16F3N3S. The number of hydrogen-bond donors (Lipinski definition) is 2. The highest BCUT2D eigenvalue weighted by atomic mass is 32.1. The van der Waals surface area contributed by atoms with Gasteiger partial charge in [0, 0.05) is 6.04 Å². The number of alkyl halides is 3. The van der Waals surface area contributed by atoms with Gasteiger partial charge in [-0.2, -0.15) is 13.2 Å². The van der Waals surface area contributed by atoms with E-state index in [-0.39, 0.29) is 0 Å². The first-order chi connectivity index (χ1) is 9.45. The van der Waals surface area contributed by atoms with Gasteiger partial charge in [0.25, 0.3) is 0 Å². The van der Waals surface area contributed by atoms with Crippen molar-refractivity contribution >= 4 is 23.0 Å². The molecule has 1 fully saturated rings. The molecule has 0 atom stereocenters. The van der Waals surface area contributed by atoms with E-state index < -0.39 is 11.9 Å². The third-order valence-corrected chi connectivity index (χ3v) is 3.47. The molecule has 0 amide bonds. The van der Waals surface area contributed by atoms with Crippen molar-refractivity contribution in [3.8, 4) is 0 Å². The number of thiocarbonyl (C=S) groups is 1. The maximum atomic E-state index is 12.4. The summed E-state index contributed by atoms with van der Waals surface area (Å²) < 4.78 is 37.1. The van der Waals surface area contributed by atoms with Crippen LogP contribution in [0.25, 0.3) is 0 Å². The van der Waals surface area contributed by atoms with Gasteiger partial charge in [0.2, 0.25) is 0 Å². The number of aromatic nitrogens is 1. The molecule has 0 saturated heterocycles. The highest BCUT2D eigenvalue weighted by Gasteiger charge is 2.32. The number of anilines is 1. The van der Waals surface area contributed by atoms with Gasteiger partial charge in [0.15, 0.2) is 5.11 Å². The van der Waals surface area contributed by atoms with Gasteiger partial charge in [-0.05, 0) is 37.2 Å². The molecule has 0 radical (unpaired) electrons. The average Bonchev–Trinajstić information content (AvgIpc) is 2.39. The van der Waals surface area contributed by atoms with Gasteiger partial charge in [-0.25, -0.2) is 4.98 Å². The van der Waals surface area contributed by atoms with Gasteiger partial charge in [-0.3, -0.25) is 0 Å². The summed E-state index contributed by atoms with van der Waals surface area (Å²) in [5.74, 6) is 0. The summed E-state index contributed by atoms with van der Waals surface area (Å²) in [6.45, 7) is 0. The predicted octanol–water partition coefficient (Wildman–Crippen LogP) is 3.72. The minimum absolute atomic E-state index is 0.353. The van der Waals surface area contributed by atoms with Crippen LogP contribution < -0.4 is 10.6 Å². The molecule has 0 spiro atoms. The Bertz CT molecular complexity index is 453. The lowest BCUT2D eigenvalue weighted by atomic mass is 9.96. The van der Waals surface area contributed by atoms with E-state index in [1.165, 1.54) is 25.3 Å². The van der Waals surface area contributed by atoms with Crippen LogP contribution >= 0.6 is 12.2 Å². The van der Waals surface area contributed by atoms with Crippen LogP contribution in [0.1, 0.15) is 37.8 Å². The van der Waals surface area contributed by atoms with Gasteiger partial charge >= 0.3 is 6.18 Å². The summed E-state index contributed by atoms with van der Waals surface area (Å²) in [4.78, 5) is 3.37. The van der Waals surface area contributed by atoms with E-state index in [1.807, 2.05) is 0 Å². The number of halogens is 3. The molecule has 0 aromatic carbocycles. The molecule has 1 saturated carbocycles. The summed E-state index contributed by atoms with van der Waals surface area (Å²) in [7, 11) is 0. The highest BCUT2D eigenvalue weighted by molar-refractivity contribution is 7.80. The fourth-order valence-electron chi connectivity index (χ4n) is 2.23. The van der Waals surface area contributed by atoms with Gasteiger partial charge in [0.05, 0.1) is 11.9 Å². The summed E-state index contributed by atoms with van der Waals surface area (Å²) in [5, 5.41) is 6.47. The van der Waals surface area contributed by atoms with E-state index >= 15 is 0 Å². The first kappa shape index (κ1) is 15.0. The number of nitrogens with zero attached hydrogens (tertiary/aromatic N) is 1. The SMILES string of the molecule is FC(F)(F)c1ccc(NC(=S)NC2CCCCC2)cn1. The van der Waals surface area contributed by atoms with E-state index in [0.29, 0.717) is 16.8 Å². The minimum Gasteiger partial charge on any atom is -0.360 e. The van der Waals surface area contributed by atoms with Crippen molar-refractivity contribution in [1.82, 2.24) is 10.3 Å². The Morgan fingerprint density at radius 1 is 1.20 bits per heavy atom. The molecule has 1 aromatic heterocycles. The lowest BCUT2D eigenvalue weighted by molar-refractivity contribution is -0.141. The zero-order chi connectivity index (χ0) is 14.6. The molecule has 3 nitrogen and oxygen atoms in total. The number of nitrogens with one attached hydrogen (secondary N) is 2. The summed E-state index contributed by atoms with van der Waals surface area (Å²) >= 11 is 5.15. The van der Waals surface area contributed by atoms with Crippen LogP contribution in [0.2, 0.25) is 0 Å². The lowest BCUT2D eigenvalue weighted by Gasteiger charge is -2.24. The molecule has 1 aliphatic rings. The van der Waals surface area contributed by atoms with Crippen molar-refractivity contribution in [2.45, 2.75) is 44.3 Å². The first-order valence-electron chi connectivity index (χ1n) is 6.56. The third kappa shape index (κ3) is 4.33. The largest absolute Gasteiger partial charge is 0.433 e. The summed E-state index contributed by atoms with van der Waals surface area (Å²) in [6.07, 6.45) is 2.49. The number of pyridine rings is 1. The summed E-state index contributed by atoms with van der Waals surface area (Å²) in [6, 6.07) is 2.61. The van der Waals surface area contributed by atoms with Gasteiger partial charge < -0.3 is 10.6 Å². The fourth-order valence-corrected chi connectivity index (χ4v) is 2.52. The monoisotopic (exact) mass is 303 g/mol. The van der Waals surface area contributed by atoms with Gasteiger partial charge in [-0.15, -0.1) is 0 Å². The Kier molecular flexibility index (Phi) is 4.80. The van der Waals surface area contributed by atoms with Crippen LogP contribution in [0.15, 0.2) is 18.3 Å². The van der Waals surface area contributed by atoms with Crippen molar-refractivity contribution < 1.29 is 13.2 Å². The number of rotatable bonds is 2. The normalized spacial score (nSPS) is 16.8. The van der Waals surface area contributed by atoms with Crippen LogP contribution in [-0.2, 0) is 6.18 Å². The molecule has 20 heavy (non-hydrogen) atoms. The molecule has 0 aliphatic heterocycles. The van der Waals surface area contributed by atoms with Crippen LogP contribution in [0.3, 0.4) is 0 Å². The Labute approximate surface area is 121 Å². The minimum atomic E-state index is -4.42. The van der Waals surface area contributed by atoms with Crippen molar-refractivity contribution in [2.24, 2.45) is 0 Å². The Morgan fingerprint density at radius 3 is 2.45 bits per heavy atom. The number of hydrogen-bond acceptors (Lipinski definition) is 2. The molecule has 2 N–H and O–H groups in total. The van der Waals surface area contributed by atoms with Crippen molar-refractivity contribution in [3.05, 3.63) is 24.0 Å². The zero-order valence-electron chi connectivity index (χ0n) is 10.8. The average molecular weight is 303 g/mol. The van der Waals surface area contributed by atoms with Crippen LogP contribution in [0, 0.1) is 0 Å². The predicted molar refractivity (Wildman–Crippen MR) is 75.5 cm³/mol. The second kappa shape index (κ2) is 6.39. The maximum Gasteiger partial charge on any atom is 0.433 e. The Balaban J connectivity index is 1.87. The summed E-state index contributed by atoms with van der Waals surface area (Å²) in [5.41, 5.74) is -0.458. The zero-order valence-corrected chi connectivity index (χ0v) is 11.7. The van der Waals surface area contributed by atoms with Gasteiger partial charge in [0.1, 0.15) is 5.69 Å². The van der Waals surface area contributed by atoms with Gasteiger partial charge in [-0.1, -0.05) is 19.3 Å². The van der Waals surface area contributed by atoms with Crippen LogP contribution in [-0.4, -0.2) is 16.1 Å². The Hall–Kier alpha value is -1.37. The van der Waals surface area contributed by atoms with Crippen molar-refractivity contribution in [1.29, 1.82) is 0 Å². The van der Waals surface area contributed by atoms with Crippen LogP contribution in [0.4, 0.5) is 18.9 Å². The molecule has 1 heterocycles. The molecule has 1 aromatic rings. The molecular weight excluding hydrogens is 287 g/mol. The van der Waals surface area contributed by atoms with E-state index in [1.54, 1.807) is 0 Å². The second-order valence-corrected chi connectivity index (χ2v) is 5.27. The Morgan fingerprint density at radius 2 is 1.90 bits per heavy atom. The van der Waals surface area contributed by atoms with Crippen molar-refractivity contribution in [2.75, 3.05) is 5.32 Å². The molecule has 1 aliphatic carbocycles. The smallest absolute Gasteiger partial charge is 0.360 e. The second-order valence-electron chi connectivity index (χ2n) is 4.86. The van der Waals surface area contributed by atoms with E-state index in [0.717, 1.165) is 25.1 Å². The van der Waals surface area contributed by atoms with Crippen LogP contribution in [0.5, 0.6) is 0 Å². The molecule has 2 rings (SSSR count). The third-order valence-electron chi connectivity index (χ3n) is 3.25. The van der Waals surface area contributed by atoms with E-state index in [4.69, 9.17) is 12.2 Å². The standard InChI is InChI=1S/C13H16F3N3S/c14-13(15,16)11-7-6-10(8-17-11)19-12(20)18-9-4-2-1-3-5-9/h6-9H,1-5H2,(H2,18,19,20). The molecule has 0 unspecified atom stereocenters. The molecule has 7 heteroatoms. The molecule has 110 valence electrons. The topological polar surface area (TPSA) is 37.0 Å². The maximum absolute atomic E-state index is 12.4. The van der Waals surface area contributed by atoms with E-state index in [2.05, 4.69) is 15.6 Å². The highest BCUT2D eigenvalue weighted by Crippen LogP contribution is 2.27.